The van der Waals surface area contributed by atoms with Gasteiger partial charge in [0.15, 0.2) is 0 Å². The number of carbonyl (C=O) groups is 1. The first kappa shape index (κ1) is 20.7. The fraction of sp³-hybridized carbons (Fsp3) is 0.611. The summed E-state index contributed by atoms with van der Waals surface area (Å²) in [5.41, 5.74) is 6.82. The Morgan fingerprint density at radius 3 is 2.50 bits per heavy atom. The topological polar surface area (TPSA) is 73.6 Å². The third kappa shape index (κ3) is 6.67. The fourth-order valence-electron chi connectivity index (χ4n) is 2.56. The maximum Gasteiger partial charge on any atom is 0.241 e. The molecule has 1 fully saturated rings. The molecule has 1 saturated heterocycles. The highest BCUT2D eigenvalue weighted by Gasteiger charge is 2.26. The van der Waals surface area contributed by atoms with Gasteiger partial charge < -0.3 is 20.5 Å². The average molecular weight is 357 g/mol. The molecule has 0 saturated carbocycles. The predicted octanol–water partition coefficient (Wildman–Crippen LogP) is 3.23. The van der Waals surface area contributed by atoms with Crippen LogP contribution in [0.5, 0.6) is 5.75 Å². The van der Waals surface area contributed by atoms with Crippen LogP contribution in [-0.2, 0) is 9.53 Å². The van der Waals surface area contributed by atoms with Gasteiger partial charge in [-0.3, -0.25) is 4.79 Å². The highest BCUT2D eigenvalue weighted by Crippen LogP contribution is 2.20. The van der Waals surface area contributed by atoms with Crippen molar-refractivity contribution in [3.63, 3.8) is 0 Å². The zero-order chi connectivity index (χ0) is 16.7. The van der Waals surface area contributed by atoms with Crippen molar-refractivity contribution >= 4 is 24.0 Å². The monoisotopic (exact) mass is 356 g/mol. The fourth-order valence-corrected chi connectivity index (χ4v) is 2.56. The highest BCUT2D eigenvalue weighted by molar-refractivity contribution is 5.94. The van der Waals surface area contributed by atoms with E-state index < -0.39 is 6.04 Å². The zero-order valence-corrected chi connectivity index (χ0v) is 15.3. The van der Waals surface area contributed by atoms with Crippen LogP contribution >= 0.6 is 12.4 Å². The normalized spacial score (nSPS) is 16.3. The third-order valence-corrected chi connectivity index (χ3v) is 4.16. The lowest BCUT2D eigenvalue weighted by Gasteiger charge is -2.26. The number of nitrogens with two attached hydrogens (primary N) is 1. The van der Waals surface area contributed by atoms with Crippen LogP contribution < -0.4 is 15.8 Å². The molecule has 3 N–H and O–H groups in total. The van der Waals surface area contributed by atoms with Crippen LogP contribution in [0.15, 0.2) is 24.3 Å². The zero-order valence-electron chi connectivity index (χ0n) is 14.5. The summed E-state index contributed by atoms with van der Waals surface area (Å²) in [5.74, 6) is 1.50. The summed E-state index contributed by atoms with van der Waals surface area (Å²) in [4.78, 5) is 12.2. The van der Waals surface area contributed by atoms with E-state index >= 15 is 0 Å². The lowest BCUT2D eigenvalue weighted by molar-refractivity contribution is -0.119. The van der Waals surface area contributed by atoms with E-state index in [-0.39, 0.29) is 24.2 Å². The summed E-state index contributed by atoms with van der Waals surface area (Å²) in [6, 6.07) is 6.95. The van der Waals surface area contributed by atoms with Crippen molar-refractivity contribution in [2.45, 2.75) is 39.2 Å². The summed E-state index contributed by atoms with van der Waals surface area (Å²) in [6.07, 6.45) is 2.72. The number of nitrogens with one attached hydrogen (secondary N) is 1. The second-order valence-electron chi connectivity index (χ2n) is 6.52. The molecule has 1 amide bonds. The lowest BCUT2D eigenvalue weighted by Crippen LogP contribution is -2.43. The van der Waals surface area contributed by atoms with Gasteiger partial charge in [0.05, 0.1) is 12.6 Å². The summed E-state index contributed by atoms with van der Waals surface area (Å²) in [7, 11) is 0. The molecule has 1 aliphatic rings. The molecule has 0 aliphatic carbocycles. The lowest BCUT2D eigenvalue weighted by atomic mass is 9.92. The van der Waals surface area contributed by atoms with E-state index in [4.69, 9.17) is 15.2 Å². The molecule has 0 spiro atoms. The molecule has 136 valence electrons. The van der Waals surface area contributed by atoms with Crippen molar-refractivity contribution in [3.05, 3.63) is 24.3 Å². The number of benzene rings is 1. The Morgan fingerprint density at radius 1 is 1.29 bits per heavy atom. The predicted molar refractivity (Wildman–Crippen MR) is 98.8 cm³/mol. The van der Waals surface area contributed by atoms with Gasteiger partial charge in [0.25, 0.3) is 0 Å². The Bertz CT molecular complexity index is 488. The Balaban J connectivity index is 0.00000288. The van der Waals surface area contributed by atoms with E-state index in [0.29, 0.717) is 25.7 Å². The molecule has 1 aromatic carbocycles. The van der Waals surface area contributed by atoms with E-state index in [2.05, 4.69) is 19.2 Å². The molecule has 2 rings (SSSR count). The number of anilines is 1. The van der Waals surface area contributed by atoms with Gasteiger partial charge in [0.2, 0.25) is 5.91 Å². The minimum Gasteiger partial charge on any atom is -0.494 e. The van der Waals surface area contributed by atoms with Crippen molar-refractivity contribution < 1.29 is 14.3 Å². The number of halogens is 1. The van der Waals surface area contributed by atoms with Crippen molar-refractivity contribution in [1.82, 2.24) is 0 Å². The van der Waals surface area contributed by atoms with E-state index in [0.717, 1.165) is 30.7 Å². The molecule has 6 heteroatoms. The van der Waals surface area contributed by atoms with Gasteiger partial charge in [0.1, 0.15) is 5.75 Å². The summed E-state index contributed by atoms with van der Waals surface area (Å²) in [5, 5.41) is 2.88. The number of rotatable bonds is 7. The molecule has 0 radical (unpaired) electrons. The van der Waals surface area contributed by atoms with Gasteiger partial charge in [-0.25, -0.2) is 0 Å². The molecule has 0 bridgehead atoms. The molecule has 5 nitrogen and oxygen atoms in total. The number of hydrogen-bond donors (Lipinski definition) is 2. The standard InChI is InChI=1S/C18H28N2O3.ClH/c1-13(2)7-12-23-16-5-3-15(4-6-16)20-18(21)17(19)14-8-10-22-11-9-14;/h3-6,13-14,17H,7-12,19H2,1-2H3,(H,20,21);1H. The van der Waals surface area contributed by atoms with Crippen LogP contribution in [0.3, 0.4) is 0 Å². The first-order valence-electron chi connectivity index (χ1n) is 8.43. The van der Waals surface area contributed by atoms with E-state index in [1.54, 1.807) is 0 Å². The molecule has 1 aromatic rings. The summed E-state index contributed by atoms with van der Waals surface area (Å²) < 4.78 is 11.0. The smallest absolute Gasteiger partial charge is 0.241 e. The molecule has 24 heavy (non-hydrogen) atoms. The number of carbonyl (C=O) groups excluding carboxylic acids is 1. The van der Waals surface area contributed by atoms with Gasteiger partial charge >= 0.3 is 0 Å². The molecule has 1 atom stereocenters. The first-order valence-corrected chi connectivity index (χ1v) is 8.43. The Hall–Kier alpha value is -1.30. The number of amides is 1. The highest BCUT2D eigenvalue weighted by atomic mass is 35.5. The SMILES string of the molecule is CC(C)CCOc1ccc(NC(=O)C(N)C2CCOCC2)cc1.Cl. The van der Waals surface area contributed by atoms with Gasteiger partial charge in [0, 0.05) is 18.9 Å². The largest absolute Gasteiger partial charge is 0.494 e. The van der Waals surface area contributed by atoms with Gasteiger partial charge in [-0.05, 0) is 55.4 Å². The van der Waals surface area contributed by atoms with Crippen LogP contribution in [-0.4, -0.2) is 31.8 Å². The second-order valence-corrected chi connectivity index (χ2v) is 6.52. The van der Waals surface area contributed by atoms with Crippen LogP contribution in [0.1, 0.15) is 33.1 Å². The molecular formula is C18H29ClN2O3. The molecule has 1 heterocycles. The van der Waals surface area contributed by atoms with E-state index in [1.165, 1.54) is 0 Å². The molecular weight excluding hydrogens is 328 g/mol. The minimum absolute atomic E-state index is 0. The Labute approximate surface area is 150 Å². The van der Waals surface area contributed by atoms with Crippen LogP contribution in [0.25, 0.3) is 0 Å². The summed E-state index contributed by atoms with van der Waals surface area (Å²) in [6.45, 7) is 6.42. The van der Waals surface area contributed by atoms with Gasteiger partial charge in [-0.1, -0.05) is 13.8 Å². The number of ether oxygens (including phenoxy) is 2. The van der Waals surface area contributed by atoms with Gasteiger partial charge in [-0.2, -0.15) is 0 Å². The average Bonchev–Trinajstić information content (AvgIpc) is 2.56. The minimum atomic E-state index is -0.485. The second kappa shape index (κ2) is 10.5. The quantitative estimate of drug-likeness (QED) is 0.786. The van der Waals surface area contributed by atoms with Crippen LogP contribution in [0.4, 0.5) is 5.69 Å². The van der Waals surface area contributed by atoms with E-state index in [9.17, 15) is 4.79 Å². The third-order valence-electron chi connectivity index (χ3n) is 4.16. The van der Waals surface area contributed by atoms with Crippen molar-refractivity contribution in [1.29, 1.82) is 0 Å². The maximum atomic E-state index is 12.2. The van der Waals surface area contributed by atoms with E-state index in [1.807, 2.05) is 24.3 Å². The van der Waals surface area contributed by atoms with Crippen molar-refractivity contribution in [2.75, 3.05) is 25.1 Å². The Kier molecular flexibility index (Phi) is 9.11. The number of hydrogen-bond acceptors (Lipinski definition) is 4. The van der Waals surface area contributed by atoms with Crippen molar-refractivity contribution in [2.24, 2.45) is 17.6 Å². The molecule has 1 unspecified atom stereocenters. The van der Waals surface area contributed by atoms with Gasteiger partial charge in [-0.15, -0.1) is 12.4 Å². The Morgan fingerprint density at radius 2 is 1.92 bits per heavy atom. The molecule has 0 aromatic heterocycles. The molecule has 1 aliphatic heterocycles. The first-order chi connectivity index (χ1) is 11.1. The van der Waals surface area contributed by atoms with Crippen LogP contribution in [0, 0.1) is 11.8 Å². The van der Waals surface area contributed by atoms with Crippen molar-refractivity contribution in [3.8, 4) is 5.75 Å². The maximum absolute atomic E-state index is 12.2. The van der Waals surface area contributed by atoms with Crippen LogP contribution in [0.2, 0.25) is 0 Å². The summed E-state index contributed by atoms with van der Waals surface area (Å²) >= 11 is 0.